The first kappa shape index (κ1) is 49.3. The van der Waals surface area contributed by atoms with Gasteiger partial charge in [0.2, 0.25) is 5.88 Å². The van der Waals surface area contributed by atoms with E-state index in [4.69, 9.17) is 9.72 Å². The van der Waals surface area contributed by atoms with Gasteiger partial charge in [0, 0.05) is 6.54 Å². The molecule has 0 aromatic carbocycles. The lowest BCUT2D eigenvalue weighted by molar-refractivity contribution is 0.216. The Morgan fingerprint density at radius 2 is 0.889 bits per heavy atom. The van der Waals surface area contributed by atoms with E-state index in [1.165, 1.54) is 205 Å². The first-order chi connectivity index (χ1) is 26.4. The second kappa shape index (κ2) is 33.1. The second-order valence-electron chi connectivity index (χ2n) is 16.8. The highest BCUT2D eigenvalue weighted by molar-refractivity contribution is 9.10. The minimum absolute atomic E-state index is 0.0538. The zero-order valence-corrected chi connectivity index (χ0v) is 39.0. The molecular weight excluding hydrogens is 796 g/mol. The van der Waals surface area contributed by atoms with Gasteiger partial charge in [-0.05, 0) is 81.5 Å². The zero-order chi connectivity index (χ0) is 39.1. The third-order valence-electron chi connectivity index (χ3n) is 11.7. The zero-order valence-electron chi connectivity index (χ0n) is 35.8. The van der Waals surface area contributed by atoms with Crippen LogP contribution in [0.5, 0.6) is 5.88 Å². The van der Waals surface area contributed by atoms with E-state index in [9.17, 15) is 4.79 Å². The van der Waals surface area contributed by atoms with E-state index in [-0.39, 0.29) is 5.56 Å². The summed E-state index contributed by atoms with van der Waals surface area (Å²) < 4.78 is 10.0. The molecule has 0 aliphatic heterocycles. The third-order valence-corrected chi connectivity index (χ3v) is 12.9. The summed E-state index contributed by atoms with van der Waals surface area (Å²) in [5.41, 5.74) is 1.80. The molecule has 4 nitrogen and oxygen atoms in total. The second-order valence-corrected chi connectivity index (χ2v) is 18.5. The highest BCUT2D eigenvalue weighted by Gasteiger charge is 2.18. The molecule has 6 heteroatoms. The van der Waals surface area contributed by atoms with Crippen molar-refractivity contribution in [3.63, 3.8) is 0 Å². The maximum Gasteiger partial charge on any atom is 0.265 e. The van der Waals surface area contributed by atoms with Gasteiger partial charge < -0.3 is 9.30 Å². The van der Waals surface area contributed by atoms with Gasteiger partial charge in [-0.25, -0.2) is 4.98 Å². The van der Waals surface area contributed by atoms with Gasteiger partial charge in [0.25, 0.3) is 5.56 Å². The summed E-state index contributed by atoms with van der Waals surface area (Å²) in [4.78, 5) is 18.8. The van der Waals surface area contributed by atoms with Gasteiger partial charge in [0.05, 0.1) is 26.6 Å². The van der Waals surface area contributed by atoms with Gasteiger partial charge >= 0.3 is 0 Å². The molecule has 0 aliphatic carbocycles. The standard InChI is InChI=1S/C48H84Br2N2O2/c1-5-9-13-17-21-23-27-30-34-41(33-29-25-19-15-11-7-3)39-52-46-38-43(49)47(51-45(46)37-44(50)48(52)53)54-40-42(35-31-26-20-16-12-8-4)36-32-28-24-22-18-14-10-6-2/h37-38,41-42H,5-36,39-40H2,1-4H3. The molecule has 0 fully saturated rings. The fraction of sp³-hybridized carbons (Fsp3) is 0.833. The number of pyridine rings is 2. The highest BCUT2D eigenvalue weighted by atomic mass is 79.9. The van der Waals surface area contributed by atoms with Crippen LogP contribution in [0.15, 0.2) is 25.9 Å². The van der Waals surface area contributed by atoms with Crippen molar-refractivity contribution in [3.05, 3.63) is 31.4 Å². The molecule has 2 atom stereocenters. The molecule has 312 valence electrons. The number of hydrogen-bond acceptors (Lipinski definition) is 3. The molecule has 2 aromatic heterocycles. The minimum atomic E-state index is 0.0538. The lowest BCUT2D eigenvalue weighted by atomic mass is 9.93. The number of unbranched alkanes of at least 4 members (excludes halogenated alkanes) is 24. The maximum absolute atomic E-state index is 13.7. The lowest BCUT2D eigenvalue weighted by Crippen LogP contribution is -2.25. The van der Waals surface area contributed by atoms with Gasteiger partial charge in [-0.15, -0.1) is 0 Å². The SMILES string of the molecule is CCCCCCCCCCC(CCCCCCCC)COc1nc2cc(Br)c(=O)n(CC(CCCCCCCC)CCCCCCCCCC)c2cc1Br. The van der Waals surface area contributed by atoms with Gasteiger partial charge in [-0.1, -0.05) is 207 Å². The Kier molecular flexibility index (Phi) is 30.2. The van der Waals surface area contributed by atoms with E-state index in [0.29, 0.717) is 28.8 Å². The normalized spacial score (nSPS) is 12.9. The van der Waals surface area contributed by atoms with Crippen LogP contribution in [0.4, 0.5) is 0 Å². The van der Waals surface area contributed by atoms with E-state index < -0.39 is 0 Å². The average molecular weight is 881 g/mol. The van der Waals surface area contributed by atoms with Crippen LogP contribution < -0.4 is 10.3 Å². The summed E-state index contributed by atoms with van der Waals surface area (Å²) in [6, 6.07) is 4.01. The summed E-state index contributed by atoms with van der Waals surface area (Å²) in [7, 11) is 0. The number of nitrogens with zero attached hydrogens (tertiary/aromatic N) is 2. The van der Waals surface area contributed by atoms with Crippen molar-refractivity contribution in [2.24, 2.45) is 11.8 Å². The summed E-state index contributed by atoms with van der Waals surface area (Å²) in [6.45, 7) is 10.6. The van der Waals surface area contributed by atoms with E-state index in [1.807, 2.05) is 10.6 Å². The van der Waals surface area contributed by atoms with Crippen LogP contribution in [-0.4, -0.2) is 16.2 Å². The Morgan fingerprint density at radius 1 is 0.519 bits per heavy atom. The van der Waals surface area contributed by atoms with Gasteiger partial charge in [-0.2, -0.15) is 0 Å². The van der Waals surface area contributed by atoms with Crippen molar-refractivity contribution in [3.8, 4) is 5.88 Å². The molecule has 54 heavy (non-hydrogen) atoms. The summed E-state index contributed by atoms with van der Waals surface area (Å²) in [5, 5.41) is 0. The Balaban J connectivity index is 2.12. The fourth-order valence-corrected chi connectivity index (χ4v) is 9.00. The molecular formula is C48H84Br2N2O2. The van der Waals surface area contributed by atoms with Gasteiger partial charge in [0.15, 0.2) is 0 Å². The maximum atomic E-state index is 13.7. The molecule has 0 bridgehead atoms. The molecule has 0 radical (unpaired) electrons. The summed E-state index contributed by atoms with van der Waals surface area (Å²) in [6.07, 6.45) is 42.3. The lowest BCUT2D eigenvalue weighted by Gasteiger charge is -2.21. The predicted octanol–water partition coefficient (Wildman–Crippen LogP) is 17.1. The van der Waals surface area contributed by atoms with Crippen molar-refractivity contribution in [2.75, 3.05) is 6.61 Å². The van der Waals surface area contributed by atoms with Crippen molar-refractivity contribution >= 4 is 42.9 Å². The number of rotatable bonds is 37. The van der Waals surface area contributed by atoms with E-state index >= 15 is 0 Å². The van der Waals surface area contributed by atoms with E-state index in [0.717, 1.165) is 22.1 Å². The number of hydrogen-bond donors (Lipinski definition) is 0. The topological polar surface area (TPSA) is 44.1 Å². The number of ether oxygens (including phenoxy) is 1. The molecule has 2 rings (SSSR count). The summed E-state index contributed by atoms with van der Waals surface area (Å²) >= 11 is 7.47. The van der Waals surface area contributed by atoms with Crippen molar-refractivity contribution in [1.29, 1.82) is 0 Å². The Morgan fingerprint density at radius 3 is 1.30 bits per heavy atom. The molecule has 2 aromatic rings. The first-order valence-corrected chi connectivity index (χ1v) is 25.1. The van der Waals surface area contributed by atoms with Crippen LogP contribution in [-0.2, 0) is 6.54 Å². The van der Waals surface area contributed by atoms with Crippen LogP contribution in [0.3, 0.4) is 0 Å². The fourth-order valence-electron chi connectivity index (χ4n) is 8.15. The number of halogens is 2. The first-order valence-electron chi connectivity index (χ1n) is 23.5. The van der Waals surface area contributed by atoms with Crippen molar-refractivity contribution < 1.29 is 4.74 Å². The minimum Gasteiger partial charge on any atom is -0.477 e. The molecule has 2 unspecified atom stereocenters. The molecule has 0 aliphatic rings. The monoisotopic (exact) mass is 878 g/mol. The van der Waals surface area contributed by atoms with Crippen molar-refractivity contribution in [1.82, 2.24) is 9.55 Å². The van der Waals surface area contributed by atoms with Crippen LogP contribution in [0.2, 0.25) is 0 Å². The molecule has 2 heterocycles. The molecule has 0 amide bonds. The molecule has 0 N–H and O–H groups in total. The van der Waals surface area contributed by atoms with Gasteiger partial charge in [0.1, 0.15) is 0 Å². The third kappa shape index (κ3) is 22.2. The highest BCUT2D eigenvalue weighted by Crippen LogP contribution is 2.31. The van der Waals surface area contributed by atoms with Gasteiger partial charge in [-0.3, -0.25) is 4.79 Å². The number of fused-ring (bicyclic) bond motifs is 1. The van der Waals surface area contributed by atoms with E-state index in [2.05, 4.69) is 65.6 Å². The Labute approximate surface area is 350 Å². The smallest absolute Gasteiger partial charge is 0.265 e. The largest absolute Gasteiger partial charge is 0.477 e. The van der Waals surface area contributed by atoms with Crippen LogP contribution in [0.25, 0.3) is 11.0 Å². The molecule has 0 spiro atoms. The van der Waals surface area contributed by atoms with Crippen LogP contribution in [0, 0.1) is 11.8 Å². The van der Waals surface area contributed by atoms with Crippen LogP contribution >= 0.6 is 31.9 Å². The van der Waals surface area contributed by atoms with Crippen molar-refractivity contribution in [2.45, 2.75) is 240 Å². The molecule has 0 saturated heterocycles. The summed E-state index contributed by atoms with van der Waals surface area (Å²) in [5.74, 6) is 1.71. The van der Waals surface area contributed by atoms with Crippen LogP contribution in [0.1, 0.15) is 233 Å². The Hall–Kier alpha value is -0.880. The average Bonchev–Trinajstić information content (AvgIpc) is 3.17. The predicted molar refractivity (Wildman–Crippen MR) is 244 cm³/mol. The Bertz CT molecular complexity index is 1250. The quantitative estimate of drug-likeness (QED) is 0.0635. The molecule has 0 saturated carbocycles. The van der Waals surface area contributed by atoms with E-state index in [1.54, 1.807) is 0 Å². The number of aromatic nitrogens is 2.